The number of nitrogens with one attached hydrogen (secondary N) is 1. The molecule has 1 N–H and O–H groups in total. The van der Waals surface area contributed by atoms with Crippen LogP contribution in [0.3, 0.4) is 0 Å². The molecule has 2 heteroatoms. The lowest BCUT2D eigenvalue weighted by Crippen LogP contribution is -2.44. The highest BCUT2D eigenvalue weighted by Gasteiger charge is 2.15. The molecule has 1 rings (SSSR count). The Labute approximate surface area is 64.0 Å². The van der Waals surface area contributed by atoms with Crippen molar-refractivity contribution in [2.45, 2.75) is 27.3 Å². The molecule has 2 nitrogen and oxygen atoms in total. The third kappa shape index (κ3) is 2.67. The minimum atomic E-state index is 0. The van der Waals surface area contributed by atoms with E-state index in [2.05, 4.69) is 19.2 Å². The molecule has 1 fully saturated rings. The van der Waals surface area contributed by atoms with E-state index in [1.54, 1.807) is 0 Å². The summed E-state index contributed by atoms with van der Waals surface area (Å²) in [4.78, 5) is 0. The Kier molecular flexibility index (Phi) is 4.65. The molecule has 0 bridgehead atoms. The Morgan fingerprint density at radius 3 is 2.50 bits per heavy atom. The van der Waals surface area contributed by atoms with Crippen LogP contribution in [0.4, 0.5) is 0 Å². The van der Waals surface area contributed by atoms with Crippen LogP contribution in [0.25, 0.3) is 0 Å². The van der Waals surface area contributed by atoms with Crippen LogP contribution in [0.5, 0.6) is 0 Å². The molecule has 0 aromatic carbocycles. The Morgan fingerprint density at radius 1 is 1.50 bits per heavy atom. The number of hydrogen-bond donors (Lipinski definition) is 1. The van der Waals surface area contributed by atoms with Crippen molar-refractivity contribution >= 4 is 0 Å². The molecule has 0 saturated carbocycles. The van der Waals surface area contributed by atoms with Crippen molar-refractivity contribution in [3.8, 4) is 0 Å². The van der Waals surface area contributed by atoms with Gasteiger partial charge in [-0.15, -0.1) is 0 Å². The summed E-state index contributed by atoms with van der Waals surface area (Å²) in [5.74, 6) is 0.699. The first-order valence-corrected chi connectivity index (χ1v) is 3.62. The summed E-state index contributed by atoms with van der Waals surface area (Å²) < 4.78 is 5.28. The van der Waals surface area contributed by atoms with Gasteiger partial charge in [0.1, 0.15) is 0 Å². The van der Waals surface area contributed by atoms with Gasteiger partial charge in [0.15, 0.2) is 0 Å². The maximum absolute atomic E-state index is 5.28. The first kappa shape index (κ1) is 9.92. The summed E-state index contributed by atoms with van der Waals surface area (Å²) in [5.41, 5.74) is 0. The maximum atomic E-state index is 5.28. The third-order valence-corrected chi connectivity index (χ3v) is 1.76. The second-order valence-corrected chi connectivity index (χ2v) is 2.88. The van der Waals surface area contributed by atoms with Crippen LogP contribution in [-0.4, -0.2) is 25.8 Å². The molecule has 1 unspecified atom stereocenters. The van der Waals surface area contributed by atoms with Crippen LogP contribution in [-0.2, 0) is 4.74 Å². The van der Waals surface area contributed by atoms with Crippen LogP contribution < -0.4 is 5.32 Å². The highest BCUT2D eigenvalue weighted by Crippen LogP contribution is 2.04. The lowest BCUT2D eigenvalue weighted by Gasteiger charge is -2.26. The lowest BCUT2D eigenvalue weighted by atomic mass is 10.1. The van der Waals surface area contributed by atoms with Crippen molar-refractivity contribution in [2.75, 3.05) is 19.8 Å². The molecule has 0 aromatic rings. The fourth-order valence-corrected chi connectivity index (χ4v) is 1.01. The first-order chi connectivity index (χ1) is 4.30. The van der Waals surface area contributed by atoms with Gasteiger partial charge in [0.2, 0.25) is 0 Å². The zero-order valence-electron chi connectivity index (χ0n) is 6.18. The average molecular weight is 145 g/mol. The van der Waals surface area contributed by atoms with Gasteiger partial charge in [-0.3, -0.25) is 0 Å². The fourth-order valence-electron chi connectivity index (χ4n) is 1.01. The monoisotopic (exact) mass is 145 g/mol. The van der Waals surface area contributed by atoms with E-state index in [0.29, 0.717) is 12.0 Å². The van der Waals surface area contributed by atoms with E-state index in [-0.39, 0.29) is 7.43 Å². The molecule has 0 spiro atoms. The summed E-state index contributed by atoms with van der Waals surface area (Å²) >= 11 is 0. The van der Waals surface area contributed by atoms with Gasteiger partial charge in [0, 0.05) is 12.6 Å². The minimum absolute atomic E-state index is 0. The van der Waals surface area contributed by atoms with E-state index in [9.17, 15) is 0 Å². The summed E-state index contributed by atoms with van der Waals surface area (Å²) in [6.07, 6.45) is 0. The largest absolute Gasteiger partial charge is 0.379 e. The Bertz CT molecular complexity index is 77.3. The maximum Gasteiger partial charge on any atom is 0.0622 e. The molecule has 1 aliphatic rings. The quantitative estimate of drug-likeness (QED) is 0.600. The fraction of sp³-hybridized carbons (Fsp3) is 1.00. The van der Waals surface area contributed by atoms with Crippen molar-refractivity contribution in [3.63, 3.8) is 0 Å². The second-order valence-electron chi connectivity index (χ2n) is 2.88. The molecule has 1 saturated heterocycles. The van der Waals surface area contributed by atoms with Gasteiger partial charge in [0.25, 0.3) is 0 Å². The summed E-state index contributed by atoms with van der Waals surface area (Å²) in [5, 5.41) is 3.39. The van der Waals surface area contributed by atoms with Crippen molar-refractivity contribution in [2.24, 2.45) is 5.92 Å². The molecule has 0 amide bonds. The molecule has 10 heavy (non-hydrogen) atoms. The molecule has 0 aliphatic carbocycles. The predicted molar refractivity (Wildman–Crippen MR) is 44.2 cm³/mol. The van der Waals surface area contributed by atoms with Crippen LogP contribution in [0.15, 0.2) is 0 Å². The molecule has 1 heterocycles. The van der Waals surface area contributed by atoms with E-state index < -0.39 is 0 Å². The summed E-state index contributed by atoms with van der Waals surface area (Å²) in [7, 11) is 0. The molecule has 0 radical (unpaired) electrons. The zero-order valence-corrected chi connectivity index (χ0v) is 6.18. The Hall–Kier alpha value is -0.0800. The van der Waals surface area contributed by atoms with Crippen LogP contribution in [0.1, 0.15) is 21.3 Å². The second kappa shape index (κ2) is 4.69. The Morgan fingerprint density at radius 2 is 2.20 bits per heavy atom. The smallest absolute Gasteiger partial charge is 0.0622 e. The van der Waals surface area contributed by atoms with Crippen molar-refractivity contribution in [1.29, 1.82) is 0 Å². The van der Waals surface area contributed by atoms with Crippen LogP contribution in [0, 0.1) is 5.92 Å². The molecular weight excluding hydrogens is 126 g/mol. The lowest BCUT2D eigenvalue weighted by molar-refractivity contribution is 0.0623. The molecular formula is C8H19NO. The SMILES string of the molecule is C.CC(C)C1COCCN1. The minimum Gasteiger partial charge on any atom is -0.379 e. The molecule has 1 aliphatic heterocycles. The van der Waals surface area contributed by atoms with E-state index in [1.807, 2.05) is 0 Å². The van der Waals surface area contributed by atoms with Gasteiger partial charge in [-0.1, -0.05) is 21.3 Å². The van der Waals surface area contributed by atoms with Gasteiger partial charge >= 0.3 is 0 Å². The Balaban J connectivity index is 0.000000810. The number of ether oxygens (including phenoxy) is 1. The van der Waals surface area contributed by atoms with Gasteiger partial charge < -0.3 is 10.1 Å². The van der Waals surface area contributed by atoms with Crippen molar-refractivity contribution < 1.29 is 4.74 Å². The average Bonchev–Trinajstić information content (AvgIpc) is 1.90. The van der Waals surface area contributed by atoms with E-state index >= 15 is 0 Å². The van der Waals surface area contributed by atoms with Gasteiger partial charge in [-0.05, 0) is 5.92 Å². The van der Waals surface area contributed by atoms with Gasteiger partial charge in [0.05, 0.1) is 13.2 Å². The topological polar surface area (TPSA) is 21.3 Å². The highest BCUT2D eigenvalue weighted by atomic mass is 16.5. The van der Waals surface area contributed by atoms with Crippen LogP contribution >= 0.6 is 0 Å². The van der Waals surface area contributed by atoms with Crippen molar-refractivity contribution in [3.05, 3.63) is 0 Å². The molecule has 1 atom stereocenters. The molecule has 0 aromatic heterocycles. The number of hydrogen-bond acceptors (Lipinski definition) is 2. The molecule has 62 valence electrons. The van der Waals surface area contributed by atoms with E-state index in [4.69, 9.17) is 4.74 Å². The predicted octanol–water partition coefficient (Wildman–Crippen LogP) is 1.27. The number of morpholine rings is 1. The summed E-state index contributed by atoms with van der Waals surface area (Å²) in [6.45, 7) is 7.21. The standard InChI is InChI=1S/C7H15NO.CH4/c1-6(2)7-5-9-4-3-8-7;/h6-8H,3-5H2,1-2H3;1H4. The summed E-state index contributed by atoms with van der Waals surface area (Å²) in [6, 6.07) is 0.582. The zero-order chi connectivity index (χ0) is 6.69. The number of rotatable bonds is 1. The van der Waals surface area contributed by atoms with Gasteiger partial charge in [-0.25, -0.2) is 0 Å². The van der Waals surface area contributed by atoms with Crippen molar-refractivity contribution in [1.82, 2.24) is 5.32 Å². The van der Waals surface area contributed by atoms with Crippen LogP contribution in [0.2, 0.25) is 0 Å². The van der Waals surface area contributed by atoms with E-state index in [1.165, 1.54) is 0 Å². The third-order valence-electron chi connectivity index (χ3n) is 1.76. The highest BCUT2D eigenvalue weighted by molar-refractivity contribution is 4.72. The first-order valence-electron chi connectivity index (χ1n) is 3.62. The van der Waals surface area contributed by atoms with E-state index in [0.717, 1.165) is 19.8 Å². The normalized spacial score (nSPS) is 26.1. The van der Waals surface area contributed by atoms with Gasteiger partial charge in [-0.2, -0.15) is 0 Å².